The molecule has 5 aromatic rings. The van der Waals surface area contributed by atoms with E-state index < -0.39 is 27.0 Å². The average molecular weight is 635 g/mol. The molecule has 0 aromatic heterocycles. The number of rotatable bonds is 9. The zero-order chi connectivity index (χ0) is 32.4. The second-order valence-corrected chi connectivity index (χ2v) is 12.5. The van der Waals surface area contributed by atoms with Crippen molar-refractivity contribution in [2.45, 2.75) is 24.5 Å². The zero-order valence-electron chi connectivity index (χ0n) is 25.0. The Balaban J connectivity index is 1.50. The quantitative estimate of drug-likeness (QED) is 0.136. The minimum absolute atomic E-state index is 0.0676. The van der Waals surface area contributed by atoms with Crippen LogP contribution in [0.15, 0.2) is 126 Å². The van der Waals surface area contributed by atoms with E-state index in [4.69, 9.17) is 4.74 Å². The van der Waals surface area contributed by atoms with Crippen molar-refractivity contribution in [2.24, 2.45) is 0 Å². The first-order valence-corrected chi connectivity index (χ1v) is 15.9. The van der Waals surface area contributed by atoms with Gasteiger partial charge in [0.15, 0.2) is 0 Å². The van der Waals surface area contributed by atoms with Crippen LogP contribution in [-0.4, -0.2) is 26.4 Å². The Morgan fingerprint density at radius 1 is 0.870 bits per heavy atom. The SMILES string of the molecule is COc1ccc(NS(=O)(=O)c2ccc3c(c2)C(=O)N(c2ccc(C)cc2)[C@H](c2ccc([N+](=O)[O-])cc2)N3Cc2ccccc2)cc1. The van der Waals surface area contributed by atoms with Crippen molar-refractivity contribution in [3.63, 3.8) is 0 Å². The molecule has 6 rings (SSSR count). The number of nitrogens with zero attached hydrogens (tertiary/aromatic N) is 3. The van der Waals surface area contributed by atoms with Crippen LogP contribution in [0.4, 0.5) is 22.7 Å². The maximum atomic E-state index is 14.5. The van der Waals surface area contributed by atoms with E-state index in [1.54, 1.807) is 47.4 Å². The number of benzene rings is 5. The molecule has 232 valence electrons. The van der Waals surface area contributed by atoms with E-state index in [-0.39, 0.29) is 16.1 Å². The summed E-state index contributed by atoms with van der Waals surface area (Å²) in [6.07, 6.45) is -0.705. The molecular formula is C35H30N4O6S. The zero-order valence-corrected chi connectivity index (χ0v) is 25.8. The molecule has 1 atom stereocenters. The van der Waals surface area contributed by atoms with E-state index in [1.165, 1.54) is 31.4 Å². The topological polar surface area (TPSA) is 122 Å². The molecule has 0 fully saturated rings. The molecular weight excluding hydrogens is 604 g/mol. The van der Waals surface area contributed by atoms with Crippen molar-refractivity contribution in [3.8, 4) is 5.75 Å². The fraction of sp³-hybridized carbons (Fsp3) is 0.114. The molecule has 46 heavy (non-hydrogen) atoms. The first-order valence-electron chi connectivity index (χ1n) is 14.4. The second-order valence-electron chi connectivity index (χ2n) is 10.9. The number of nitro groups is 1. The molecule has 1 heterocycles. The molecule has 0 bridgehead atoms. The molecule has 0 saturated heterocycles. The van der Waals surface area contributed by atoms with Crippen molar-refractivity contribution in [2.75, 3.05) is 21.6 Å². The third-order valence-corrected chi connectivity index (χ3v) is 9.21. The van der Waals surface area contributed by atoms with Crippen LogP contribution in [0.3, 0.4) is 0 Å². The number of aryl methyl sites for hydroxylation is 1. The van der Waals surface area contributed by atoms with Crippen LogP contribution in [-0.2, 0) is 16.6 Å². The van der Waals surface area contributed by atoms with Gasteiger partial charge in [0, 0.05) is 30.1 Å². The molecule has 0 radical (unpaired) electrons. The number of methoxy groups -OCH3 is 1. The van der Waals surface area contributed by atoms with Crippen LogP contribution in [0.2, 0.25) is 0 Å². The van der Waals surface area contributed by atoms with Crippen molar-refractivity contribution in [1.29, 1.82) is 0 Å². The molecule has 0 aliphatic carbocycles. The van der Waals surface area contributed by atoms with Gasteiger partial charge >= 0.3 is 0 Å². The number of fused-ring (bicyclic) bond motifs is 1. The van der Waals surface area contributed by atoms with Gasteiger partial charge in [0.25, 0.3) is 21.6 Å². The first-order chi connectivity index (χ1) is 22.1. The van der Waals surface area contributed by atoms with Gasteiger partial charge in [-0.05, 0) is 84.8 Å². The van der Waals surface area contributed by atoms with Gasteiger partial charge in [-0.1, -0.05) is 48.0 Å². The van der Waals surface area contributed by atoms with Gasteiger partial charge in [0.1, 0.15) is 11.9 Å². The van der Waals surface area contributed by atoms with Gasteiger partial charge in [-0.2, -0.15) is 0 Å². The Labute approximate surface area is 266 Å². The highest BCUT2D eigenvalue weighted by atomic mass is 32.2. The van der Waals surface area contributed by atoms with Crippen LogP contribution in [0, 0.1) is 17.0 Å². The van der Waals surface area contributed by atoms with Crippen LogP contribution in [0.1, 0.15) is 33.2 Å². The number of hydrogen-bond acceptors (Lipinski definition) is 7. The summed E-state index contributed by atoms with van der Waals surface area (Å²) in [6, 6.07) is 34.3. The molecule has 0 unspecified atom stereocenters. The molecule has 1 aliphatic heterocycles. The summed E-state index contributed by atoms with van der Waals surface area (Å²) < 4.78 is 34.8. The monoisotopic (exact) mass is 634 g/mol. The number of ether oxygens (including phenoxy) is 1. The Bertz CT molecular complexity index is 2000. The average Bonchev–Trinajstić information content (AvgIpc) is 3.07. The number of nitrogens with one attached hydrogen (secondary N) is 1. The Morgan fingerprint density at radius 2 is 1.54 bits per heavy atom. The summed E-state index contributed by atoms with van der Waals surface area (Å²) >= 11 is 0. The van der Waals surface area contributed by atoms with Crippen molar-refractivity contribution in [1.82, 2.24) is 0 Å². The standard InChI is InChI=1S/C35H30N4O6S/c1-24-8-14-28(15-9-24)38-34(26-10-16-29(17-11-26)39(41)42)37(23-25-6-4-3-5-7-25)33-21-20-31(22-32(33)35(38)40)46(43,44)36-27-12-18-30(45-2)19-13-27/h3-22,34,36H,23H2,1-2H3/t34-/m1/s1. The first kappa shape index (κ1) is 30.4. The summed E-state index contributed by atoms with van der Waals surface area (Å²) in [5.74, 6) is 0.174. The van der Waals surface area contributed by atoms with Gasteiger partial charge in [-0.15, -0.1) is 0 Å². The lowest BCUT2D eigenvalue weighted by atomic mass is 9.98. The van der Waals surface area contributed by atoms with E-state index in [0.717, 1.165) is 11.1 Å². The summed E-state index contributed by atoms with van der Waals surface area (Å²) in [5.41, 5.74) is 4.20. The van der Waals surface area contributed by atoms with E-state index >= 15 is 0 Å². The van der Waals surface area contributed by atoms with Crippen LogP contribution >= 0.6 is 0 Å². The second kappa shape index (κ2) is 12.4. The van der Waals surface area contributed by atoms with E-state index in [0.29, 0.717) is 34.9 Å². The minimum atomic E-state index is -4.08. The third-order valence-electron chi connectivity index (χ3n) is 7.83. The number of hydrogen-bond donors (Lipinski definition) is 1. The van der Waals surface area contributed by atoms with Gasteiger partial charge < -0.3 is 9.64 Å². The number of carbonyl (C=O) groups is 1. The highest BCUT2D eigenvalue weighted by molar-refractivity contribution is 7.92. The molecule has 1 aliphatic rings. The van der Waals surface area contributed by atoms with Crippen molar-refractivity contribution in [3.05, 3.63) is 154 Å². The van der Waals surface area contributed by atoms with Gasteiger partial charge in [0.05, 0.1) is 28.2 Å². The number of non-ortho nitro benzene ring substituents is 1. The molecule has 11 heteroatoms. The lowest BCUT2D eigenvalue weighted by Crippen LogP contribution is -2.49. The highest BCUT2D eigenvalue weighted by Crippen LogP contribution is 2.43. The Kier molecular flexibility index (Phi) is 8.16. The van der Waals surface area contributed by atoms with Gasteiger partial charge in [0.2, 0.25) is 0 Å². The smallest absolute Gasteiger partial charge is 0.269 e. The fourth-order valence-corrected chi connectivity index (χ4v) is 6.59. The summed E-state index contributed by atoms with van der Waals surface area (Å²) in [5, 5.41) is 11.5. The molecule has 0 saturated carbocycles. The summed E-state index contributed by atoms with van der Waals surface area (Å²) in [4.78, 5) is 29.1. The minimum Gasteiger partial charge on any atom is -0.497 e. The van der Waals surface area contributed by atoms with E-state index in [1.807, 2.05) is 66.4 Å². The van der Waals surface area contributed by atoms with Crippen LogP contribution in [0.25, 0.3) is 0 Å². The number of anilines is 3. The summed E-state index contributed by atoms with van der Waals surface area (Å²) in [6.45, 7) is 2.31. The van der Waals surface area contributed by atoms with E-state index in [2.05, 4.69) is 4.72 Å². The number of nitro benzene ring substituents is 1. The van der Waals surface area contributed by atoms with Crippen molar-refractivity contribution >= 4 is 38.7 Å². The predicted molar refractivity (Wildman–Crippen MR) is 177 cm³/mol. The predicted octanol–water partition coefficient (Wildman–Crippen LogP) is 7.08. The van der Waals surface area contributed by atoms with Crippen molar-refractivity contribution < 1.29 is 22.9 Å². The van der Waals surface area contributed by atoms with Crippen LogP contribution in [0.5, 0.6) is 5.75 Å². The molecule has 0 spiro atoms. The lowest BCUT2D eigenvalue weighted by Gasteiger charge is -2.46. The van der Waals surface area contributed by atoms with Gasteiger partial charge in [-0.25, -0.2) is 8.42 Å². The number of carbonyl (C=O) groups excluding carboxylic acids is 1. The maximum absolute atomic E-state index is 14.5. The fourth-order valence-electron chi connectivity index (χ4n) is 5.50. The lowest BCUT2D eigenvalue weighted by molar-refractivity contribution is -0.384. The Morgan fingerprint density at radius 3 is 2.17 bits per heavy atom. The third kappa shape index (κ3) is 6.00. The molecule has 10 nitrogen and oxygen atoms in total. The normalized spacial score (nSPS) is 14.5. The number of amides is 1. The largest absolute Gasteiger partial charge is 0.497 e. The number of sulfonamides is 1. The van der Waals surface area contributed by atoms with Crippen LogP contribution < -0.4 is 19.3 Å². The van der Waals surface area contributed by atoms with E-state index in [9.17, 15) is 23.3 Å². The molecule has 1 N–H and O–H groups in total. The molecule has 5 aromatic carbocycles. The Hall–Kier alpha value is -5.68. The maximum Gasteiger partial charge on any atom is 0.269 e. The molecule has 1 amide bonds. The summed E-state index contributed by atoms with van der Waals surface area (Å²) in [7, 11) is -2.55. The van der Waals surface area contributed by atoms with Gasteiger partial charge in [-0.3, -0.25) is 24.5 Å². The highest BCUT2D eigenvalue weighted by Gasteiger charge is 2.40.